The normalized spacial score (nSPS) is 18.4. The summed E-state index contributed by atoms with van der Waals surface area (Å²) in [6.07, 6.45) is 0.989. The number of nitrogens with one attached hydrogen (secondary N) is 1. The average Bonchev–Trinajstić information content (AvgIpc) is 2.83. The van der Waals surface area contributed by atoms with Gasteiger partial charge in [0, 0.05) is 26.2 Å². The van der Waals surface area contributed by atoms with Gasteiger partial charge in [-0.3, -0.25) is 14.9 Å². The zero-order chi connectivity index (χ0) is 14.0. The first-order valence-corrected chi connectivity index (χ1v) is 5.82. The number of aliphatic hydroxyl groups excluding tert-OH is 1. The van der Waals surface area contributed by atoms with Crippen molar-refractivity contribution in [1.29, 1.82) is 0 Å². The van der Waals surface area contributed by atoms with E-state index in [2.05, 4.69) is 10.3 Å². The Kier molecular flexibility index (Phi) is 3.61. The van der Waals surface area contributed by atoms with Crippen molar-refractivity contribution < 1.29 is 14.8 Å². The highest BCUT2D eigenvalue weighted by Gasteiger charge is 2.30. The number of hydrogen-bond donors (Lipinski definition) is 2. The molecule has 1 saturated heterocycles. The van der Waals surface area contributed by atoms with Crippen LogP contribution in [0.2, 0.25) is 0 Å². The van der Waals surface area contributed by atoms with Gasteiger partial charge in [0.25, 0.3) is 11.6 Å². The van der Waals surface area contributed by atoms with Gasteiger partial charge in [-0.1, -0.05) is 0 Å². The number of anilines is 1. The number of rotatable bonds is 3. The van der Waals surface area contributed by atoms with Crippen LogP contribution in [0.15, 0.2) is 12.3 Å². The molecule has 0 aliphatic carbocycles. The molecule has 0 spiro atoms. The van der Waals surface area contributed by atoms with Crippen LogP contribution in [0, 0.1) is 10.1 Å². The molecule has 1 amide bonds. The second-order valence-corrected chi connectivity index (χ2v) is 4.29. The number of carbonyl (C=O) groups is 1. The van der Waals surface area contributed by atoms with Crippen LogP contribution in [0.5, 0.6) is 0 Å². The van der Waals surface area contributed by atoms with E-state index in [1.807, 2.05) is 0 Å². The fourth-order valence-corrected chi connectivity index (χ4v) is 2.00. The molecule has 8 heteroatoms. The standard InChI is InChI=1S/C11H14N4O4/c1-12-10-4-8(9(5-13-10)15(18)19)11(17)14-3-2-7(16)6-14/h4-5,7,16H,2-3,6H2,1H3,(H,12,13). The maximum atomic E-state index is 12.2. The van der Waals surface area contributed by atoms with Crippen LogP contribution in [0.1, 0.15) is 16.8 Å². The molecule has 0 bridgehead atoms. The van der Waals surface area contributed by atoms with E-state index in [0.717, 1.165) is 6.20 Å². The first-order valence-electron chi connectivity index (χ1n) is 5.82. The van der Waals surface area contributed by atoms with E-state index in [9.17, 15) is 20.0 Å². The highest BCUT2D eigenvalue weighted by atomic mass is 16.6. The average molecular weight is 266 g/mol. The third-order valence-corrected chi connectivity index (χ3v) is 3.02. The molecule has 8 nitrogen and oxygen atoms in total. The molecule has 1 aliphatic rings. The first kappa shape index (κ1) is 13.2. The summed E-state index contributed by atoms with van der Waals surface area (Å²) in [5, 5.41) is 23.1. The summed E-state index contributed by atoms with van der Waals surface area (Å²) >= 11 is 0. The van der Waals surface area contributed by atoms with E-state index < -0.39 is 16.9 Å². The highest BCUT2D eigenvalue weighted by Crippen LogP contribution is 2.23. The molecule has 1 aliphatic heterocycles. The third-order valence-electron chi connectivity index (χ3n) is 3.02. The summed E-state index contributed by atoms with van der Waals surface area (Å²) < 4.78 is 0. The molecule has 0 aromatic carbocycles. The lowest BCUT2D eigenvalue weighted by Gasteiger charge is -2.15. The second kappa shape index (κ2) is 5.19. The zero-order valence-electron chi connectivity index (χ0n) is 10.4. The van der Waals surface area contributed by atoms with Crippen molar-refractivity contribution in [3.63, 3.8) is 0 Å². The molecule has 1 aromatic rings. The number of nitrogens with zero attached hydrogens (tertiary/aromatic N) is 3. The van der Waals surface area contributed by atoms with Crippen molar-refractivity contribution >= 4 is 17.4 Å². The largest absolute Gasteiger partial charge is 0.391 e. The Morgan fingerprint density at radius 1 is 1.68 bits per heavy atom. The van der Waals surface area contributed by atoms with Gasteiger partial charge in [-0.05, 0) is 6.42 Å². The summed E-state index contributed by atoms with van der Waals surface area (Å²) in [5.41, 5.74) is -0.344. The number of carbonyl (C=O) groups excluding carboxylic acids is 1. The summed E-state index contributed by atoms with van der Waals surface area (Å²) in [5.74, 6) is -0.0733. The van der Waals surface area contributed by atoms with Gasteiger partial charge in [-0.25, -0.2) is 4.98 Å². The molecule has 0 saturated carbocycles. The lowest BCUT2D eigenvalue weighted by molar-refractivity contribution is -0.385. The van der Waals surface area contributed by atoms with Crippen LogP contribution < -0.4 is 5.32 Å². The second-order valence-electron chi connectivity index (χ2n) is 4.29. The molecule has 2 N–H and O–H groups in total. The van der Waals surface area contributed by atoms with Crippen LogP contribution >= 0.6 is 0 Å². The van der Waals surface area contributed by atoms with E-state index in [1.165, 1.54) is 11.0 Å². The predicted molar refractivity (Wildman–Crippen MR) is 67.0 cm³/mol. The lowest BCUT2D eigenvalue weighted by Crippen LogP contribution is -2.30. The van der Waals surface area contributed by atoms with Gasteiger partial charge in [0.15, 0.2) is 0 Å². The van der Waals surface area contributed by atoms with E-state index >= 15 is 0 Å². The van der Waals surface area contributed by atoms with Gasteiger partial charge in [-0.15, -0.1) is 0 Å². The first-order chi connectivity index (χ1) is 9.02. The minimum Gasteiger partial charge on any atom is -0.391 e. The van der Waals surface area contributed by atoms with Crippen LogP contribution in [-0.2, 0) is 0 Å². The Morgan fingerprint density at radius 3 is 2.95 bits per heavy atom. The van der Waals surface area contributed by atoms with Crippen LogP contribution in [0.3, 0.4) is 0 Å². The van der Waals surface area contributed by atoms with Crippen molar-refractivity contribution in [3.8, 4) is 0 Å². The topological polar surface area (TPSA) is 109 Å². The minimum absolute atomic E-state index is 0.0153. The van der Waals surface area contributed by atoms with Crippen molar-refractivity contribution in [3.05, 3.63) is 27.9 Å². The van der Waals surface area contributed by atoms with Gasteiger partial charge < -0.3 is 15.3 Å². The fourth-order valence-electron chi connectivity index (χ4n) is 2.00. The van der Waals surface area contributed by atoms with E-state index in [4.69, 9.17) is 0 Å². The van der Waals surface area contributed by atoms with Gasteiger partial charge in [0.2, 0.25) is 0 Å². The van der Waals surface area contributed by atoms with E-state index in [1.54, 1.807) is 7.05 Å². The molecule has 0 radical (unpaired) electrons. The Morgan fingerprint density at radius 2 is 2.42 bits per heavy atom. The lowest BCUT2D eigenvalue weighted by atomic mass is 10.2. The number of hydrogen-bond acceptors (Lipinski definition) is 6. The fraction of sp³-hybridized carbons (Fsp3) is 0.455. The van der Waals surface area contributed by atoms with E-state index in [0.29, 0.717) is 18.8 Å². The van der Waals surface area contributed by atoms with E-state index in [-0.39, 0.29) is 17.8 Å². The number of amides is 1. The number of aromatic nitrogens is 1. The highest BCUT2D eigenvalue weighted by molar-refractivity contribution is 5.98. The zero-order valence-corrected chi connectivity index (χ0v) is 10.4. The molecule has 1 atom stereocenters. The van der Waals surface area contributed by atoms with Crippen molar-refractivity contribution in [2.75, 3.05) is 25.5 Å². The van der Waals surface area contributed by atoms with Gasteiger partial charge in [-0.2, -0.15) is 0 Å². The van der Waals surface area contributed by atoms with Gasteiger partial charge in [0.05, 0.1) is 11.0 Å². The van der Waals surface area contributed by atoms with Crippen LogP contribution in [0.4, 0.5) is 11.5 Å². The maximum absolute atomic E-state index is 12.2. The molecular formula is C11H14N4O4. The smallest absolute Gasteiger partial charge is 0.300 e. The van der Waals surface area contributed by atoms with Crippen molar-refractivity contribution in [1.82, 2.24) is 9.88 Å². The molecule has 2 heterocycles. The third kappa shape index (κ3) is 2.63. The Hall–Kier alpha value is -2.22. The summed E-state index contributed by atoms with van der Waals surface area (Å²) in [4.78, 5) is 27.8. The number of aliphatic hydroxyl groups is 1. The molecule has 1 aromatic heterocycles. The quantitative estimate of drug-likeness (QED) is 0.599. The Balaban J connectivity index is 2.36. The predicted octanol–water partition coefficient (Wildman–Crippen LogP) is 0.238. The minimum atomic E-state index is -0.633. The van der Waals surface area contributed by atoms with Crippen molar-refractivity contribution in [2.45, 2.75) is 12.5 Å². The molecular weight excluding hydrogens is 252 g/mol. The van der Waals surface area contributed by atoms with Crippen LogP contribution in [-0.4, -0.2) is 52.1 Å². The number of nitro groups is 1. The molecule has 19 heavy (non-hydrogen) atoms. The Bertz CT molecular complexity index is 519. The Labute approximate surface area is 109 Å². The summed E-state index contributed by atoms with van der Waals surface area (Å²) in [6.45, 7) is 0.599. The SMILES string of the molecule is CNc1cc(C(=O)N2CCC(O)C2)c([N+](=O)[O-])cn1. The monoisotopic (exact) mass is 266 g/mol. The van der Waals surface area contributed by atoms with Crippen molar-refractivity contribution in [2.24, 2.45) is 0 Å². The van der Waals surface area contributed by atoms with Crippen LogP contribution in [0.25, 0.3) is 0 Å². The maximum Gasteiger partial charge on any atom is 0.300 e. The summed E-state index contributed by atoms with van der Waals surface area (Å²) in [6, 6.07) is 1.35. The molecule has 2 rings (SSSR count). The van der Waals surface area contributed by atoms with Gasteiger partial charge >= 0.3 is 0 Å². The van der Waals surface area contributed by atoms with Gasteiger partial charge in [0.1, 0.15) is 17.6 Å². The molecule has 102 valence electrons. The molecule has 1 unspecified atom stereocenters. The number of likely N-dealkylation sites (tertiary alicyclic amines) is 1. The number of β-amino-alcohol motifs (C(OH)–C–C–N with tert-alkyl or cyclic N) is 1. The number of pyridine rings is 1. The summed E-state index contributed by atoms with van der Waals surface area (Å²) in [7, 11) is 1.61. The molecule has 1 fully saturated rings.